The van der Waals surface area contributed by atoms with Crippen molar-refractivity contribution in [1.82, 2.24) is 19.4 Å². The van der Waals surface area contributed by atoms with E-state index in [9.17, 15) is 14.7 Å². The van der Waals surface area contributed by atoms with Gasteiger partial charge in [-0.25, -0.2) is 9.78 Å². The molecule has 43 heavy (non-hydrogen) atoms. The number of halogens is 1. The molecule has 1 atom stereocenters. The first-order chi connectivity index (χ1) is 20.7. The lowest BCUT2D eigenvalue weighted by Gasteiger charge is -2.35. The molecule has 2 aliphatic rings. The number of aromatic carboxylic acids is 1. The number of nitrogens with zero attached hydrogens (tertiary/aromatic N) is 5. The normalized spacial score (nSPS) is 17.2. The topological polar surface area (TPSA) is 91.1 Å². The predicted molar refractivity (Wildman–Crippen MR) is 167 cm³/mol. The van der Waals surface area contributed by atoms with Gasteiger partial charge in [0.25, 0.3) is 5.91 Å². The summed E-state index contributed by atoms with van der Waals surface area (Å²) in [5, 5.41) is 10.2. The van der Waals surface area contributed by atoms with Gasteiger partial charge in [-0.05, 0) is 66.9 Å². The van der Waals surface area contributed by atoms with Crippen molar-refractivity contribution in [3.05, 3.63) is 93.8 Å². The van der Waals surface area contributed by atoms with Crippen LogP contribution < -0.4 is 4.90 Å². The van der Waals surface area contributed by atoms with E-state index in [4.69, 9.17) is 21.3 Å². The number of hydrogen-bond acceptors (Lipinski definition) is 6. The molecule has 1 aromatic heterocycles. The highest BCUT2D eigenvalue weighted by Gasteiger charge is 2.26. The minimum atomic E-state index is -0.954. The second-order valence-corrected chi connectivity index (χ2v) is 11.9. The number of piperazine rings is 1. The standard InChI is InChI=1S/C33H36ClN5O4/c1-22-6-9-29(27(34)16-22)36(2)19-23-4-3-5-24(17-23)32(40)38-13-11-37(12-14-38)21-31-35-28-8-7-25(33(41)42)18-30(28)39(31)20-26-10-15-43-26/h3-9,16-18,26H,10-15,19-21H2,1-2H3,(H,41,42)/t26-/m0/s1. The van der Waals surface area contributed by atoms with Crippen LogP contribution in [0.4, 0.5) is 5.69 Å². The summed E-state index contributed by atoms with van der Waals surface area (Å²) >= 11 is 6.48. The number of hydrogen-bond donors (Lipinski definition) is 1. The summed E-state index contributed by atoms with van der Waals surface area (Å²) in [5.74, 6) is -0.0310. The number of carboxylic acid groups (broad SMARTS) is 1. The van der Waals surface area contributed by atoms with E-state index in [1.54, 1.807) is 18.2 Å². The van der Waals surface area contributed by atoms with Crippen LogP contribution in [0.5, 0.6) is 0 Å². The zero-order valence-corrected chi connectivity index (χ0v) is 25.3. The van der Waals surface area contributed by atoms with E-state index in [0.29, 0.717) is 43.3 Å². The van der Waals surface area contributed by atoms with Gasteiger partial charge in [0.15, 0.2) is 0 Å². The number of benzene rings is 3. The molecule has 224 valence electrons. The Bertz CT molecular complexity index is 1660. The van der Waals surface area contributed by atoms with E-state index in [0.717, 1.165) is 59.8 Å². The average Bonchev–Trinajstić information content (AvgIpc) is 3.30. The molecule has 0 saturated carbocycles. The molecular weight excluding hydrogens is 566 g/mol. The molecule has 0 unspecified atom stereocenters. The highest BCUT2D eigenvalue weighted by atomic mass is 35.5. The van der Waals surface area contributed by atoms with Crippen LogP contribution in [0.25, 0.3) is 11.0 Å². The lowest BCUT2D eigenvalue weighted by molar-refractivity contribution is -0.0592. The number of ether oxygens (including phenoxy) is 1. The number of anilines is 1. The smallest absolute Gasteiger partial charge is 0.335 e. The Morgan fingerprint density at radius 2 is 1.84 bits per heavy atom. The van der Waals surface area contributed by atoms with E-state index in [2.05, 4.69) is 14.4 Å². The van der Waals surface area contributed by atoms with Gasteiger partial charge in [-0.1, -0.05) is 29.8 Å². The van der Waals surface area contributed by atoms with Gasteiger partial charge < -0.3 is 24.2 Å². The monoisotopic (exact) mass is 601 g/mol. The number of imidazole rings is 1. The maximum absolute atomic E-state index is 13.5. The quantitative estimate of drug-likeness (QED) is 0.286. The summed E-state index contributed by atoms with van der Waals surface area (Å²) in [6.07, 6.45) is 1.10. The van der Waals surface area contributed by atoms with Gasteiger partial charge in [-0.15, -0.1) is 0 Å². The van der Waals surface area contributed by atoms with Gasteiger partial charge in [-0.3, -0.25) is 9.69 Å². The van der Waals surface area contributed by atoms with Crippen molar-refractivity contribution in [2.45, 2.75) is 39.1 Å². The fraction of sp³-hybridized carbons (Fsp3) is 0.364. The van der Waals surface area contributed by atoms with E-state index in [-0.39, 0.29) is 17.6 Å². The molecule has 6 rings (SSSR count). The van der Waals surface area contributed by atoms with Crippen molar-refractivity contribution in [1.29, 1.82) is 0 Å². The summed E-state index contributed by atoms with van der Waals surface area (Å²) in [7, 11) is 2.00. The first-order valence-corrected chi connectivity index (χ1v) is 15.0. The highest BCUT2D eigenvalue weighted by Crippen LogP contribution is 2.28. The molecule has 3 heterocycles. The highest BCUT2D eigenvalue weighted by molar-refractivity contribution is 6.33. The molecule has 9 nitrogen and oxygen atoms in total. The van der Waals surface area contributed by atoms with Gasteiger partial charge in [0, 0.05) is 51.9 Å². The molecule has 2 aliphatic heterocycles. The first-order valence-electron chi connectivity index (χ1n) is 14.7. The summed E-state index contributed by atoms with van der Waals surface area (Å²) in [6.45, 7) is 7.37. The van der Waals surface area contributed by atoms with Crippen molar-refractivity contribution in [2.75, 3.05) is 44.7 Å². The summed E-state index contributed by atoms with van der Waals surface area (Å²) in [5.41, 5.74) is 5.64. The largest absolute Gasteiger partial charge is 0.478 e. The van der Waals surface area contributed by atoms with Gasteiger partial charge in [0.1, 0.15) is 5.82 Å². The van der Waals surface area contributed by atoms with Gasteiger partial charge in [-0.2, -0.15) is 0 Å². The number of carboxylic acids is 1. The maximum atomic E-state index is 13.5. The van der Waals surface area contributed by atoms with Gasteiger partial charge >= 0.3 is 5.97 Å². The van der Waals surface area contributed by atoms with E-state index >= 15 is 0 Å². The number of amides is 1. The third-order valence-corrected chi connectivity index (χ3v) is 8.69. The SMILES string of the molecule is Cc1ccc(N(C)Cc2cccc(C(=O)N3CCN(Cc4nc5ccc(C(=O)O)cc5n4C[C@@H]4CCO4)CC3)c2)c(Cl)c1. The Labute approximate surface area is 256 Å². The predicted octanol–water partition coefficient (Wildman–Crippen LogP) is 5.08. The van der Waals surface area contributed by atoms with Crippen molar-refractivity contribution in [3.63, 3.8) is 0 Å². The van der Waals surface area contributed by atoms with E-state index in [1.165, 1.54) is 0 Å². The van der Waals surface area contributed by atoms with Crippen molar-refractivity contribution < 1.29 is 19.4 Å². The number of carbonyl (C=O) groups excluding carboxylic acids is 1. The molecule has 1 amide bonds. The van der Waals surface area contributed by atoms with Crippen LogP contribution in [0, 0.1) is 6.92 Å². The van der Waals surface area contributed by atoms with Gasteiger partial charge in [0.2, 0.25) is 0 Å². The van der Waals surface area contributed by atoms with Crippen LogP contribution in [0.1, 0.15) is 44.1 Å². The van der Waals surface area contributed by atoms with Crippen LogP contribution in [0.3, 0.4) is 0 Å². The van der Waals surface area contributed by atoms with E-state index < -0.39 is 5.97 Å². The molecule has 0 spiro atoms. The Hall–Kier alpha value is -3.92. The van der Waals surface area contributed by atoms with Crippen molar-refractivity contribution >= 4 is 40.2 Å². The number of aryl methyl sites for hydroxylation is 1. The fourth-order valence-corrected chi connectivity index (χ4v) is 6.22. The van der Waals surface area contributed by atoms with E-state index in [1.807, 2.05) is 61.3 Å². The molecule has 3 aromatic carbocycles. The third kappa shape index (κ3) is 6.39. The molecular formula is C33H36ClN5O4. The lowest BCUT2D eigenvalue weighted by atomic mass is 10.1. The maximum Gasteiger partial charge on any atom is 0.335 e. The Kier molecular flexibility index (Phi) is 8.38. The Morgan fingerprint density at radius 1 is 1.05 bits per heavy atom. The third-order valence-electron chi connectivity index (χ3n) is 8.39. The second-order valence-electron chi connectivity index (χ2n) is 11.5. The molecule has 0 bridgehead atoms. The second kappa shape index (κ2) is 12.4. The molecule has 2 saturated heterocycles. The first kappa shape index (κ1) is 29.2. The van der Waals surface area contributed by atoms with Crippen molar-refractivity contribution in [2.24, 2.45) is 0 Å². The average molecular weight is 602 g/mol. The number of fused-ring (bicyclic) bond motifs is 1. The number of rotatable bonds is 9. The summed E-state index contributed by atoms with van der Waals surface area (Å²) in [6, 6.07) is 18.9. The fourth-order valence-electron chi connectivity index (χ4n) is 5.84. The van der Waals surface area contributed by atoms with Crippen LogP contribution in [-0.2, 0) is 24.4 Å². The van der Waals surface area contributed by atoms with Crippen LogP contribution in [0.2, 0.25) is 5.02 Å². The van der Waals surface area contributed by atoms with Crippen LogP contribution in [-0.4, -0.2) is 82.3 Å². The molecule has 0 aliphatic carbocycles. The summed E-state index contributed by atoms with van der Waals surface area (Å²) in [4.78, 5) is 36.3. The molecule has 2 fully saturated rings. The van der Waals surface area contributed by atoms with Crippen LogP contribution in [0.15, 0.2) is 60.7 Å². The van der Waals surface area contributed by atoms with Crippen molar-refractivity contribution in [3.8, 4) is 0 Å². The van der Waals surface area contributed by atoms with Gasteiger partial charge in [0.05, 0.1) is 46.5 Å². The zero-order valence-electron chi connectivity index (χ0n) is 24.5. The Balaban J connectivity index is 1.10. The lowest BCUT2D eigenvalue weighted by Crippen LogP contribution is -2.48. The molecule has 1 N–H and O–H groups in total. The zero-order chi connectivity index (χ0) is 30.1. The number of carbonyl (C=O) groups is 2. The minimum absolute atomic E-state index is 0.0353. The molecule has 4 aromatic rings. The number of aromatic nitrogens is 2. The molecule has 10 heteroatoms. The Morgan fingerprint density at radius 3 is 2.53 bits per heavy atom. The molecule has 0 radical (unpaired) electrons. The minimum Gasteiger partial charge on any atom is -0.478 e. The summed E-state index contributed by atoms with van der Waals surface area (Å²) < 4.78 is 7.79. The van der Waals surface area contributed by atoms with Crippen LogP contribution >= 0.6 is 11.6 Å².